The third-order valence-electron chi connectivity index (χ3n) is 16.8. The number of rotatable bonds is 55. The van der Waals surface area contributed by atoms with E-state index < -0.39 is 37.5 Å². The van der Waals surface area contributed by atoms with E-state index in [4.69, 9.17) is 28.4 Å². The molecule has 28 heteroatoms. The van der Waals surface area contributed by atoms with Gasteiger partial charge in [-0.25, -0.2) is 4.79 Å². The van der Waals surface area contributed by atoms with Crippen molar-refractivity contribution in [2.24, 2.45) is 0 Å². The third-order valence-corrected chi connectivity index (χ3v) is 16.8. The third kappa shape index (κ3) is 31.8. The second-order valence-electron chi connectivity index (χ2n) is 25.0. The zero-order valence-corrected chi connectivity index (χ0v) is 59.2. The molecule has 0 saturated heterocycles. The number of hydrogen-bond donors (Lipinski definition) is 7. The molecule has 7 N–H and O–H groups in total. The van der Waals surface area contributed by atoms with E-state index in [2.05, 4.69) is 31.9 Å². The molecule has 0 saturated carbocycles. The summed E-state index contributed by atoms with van der Waals surface area (Å²) in [5, 5.41) is 72.7. The predicted octanol–water partition coefficient (Wildman–Crippen LogP) is 16.4. The molecule has 0 unspecified atom stereocenters. The Kier molecular flexibility index (Phi) is 35.6. The average molecular weight is 1450 g/mol. The minimum absolute atomic E-state index is 0.0274. The molecule has 562 valence electrons. The lowest BCUT2D eigenvalue weighted by molar-refractivity contribution is -0.385. The Balaban J connectivity index is 0.828. The SMILES string of the molecule is O=C(O)c1cc(OCCNC(=O)c2cc(OCCCCCCCCCCCCNc3ccc([N+](=O)[O-])cc3)cc(OCCNc3ccc([N+](=O)[O-])cc3)c2)cc(OCCNC(=O)c2cc(OCCCCCCCCCCCCNc3ccc([N+](=O)[O-])cc3)cc(OCCNc3ccc([N+](=O)[O-])cc3)c2)c1. The number of aromatic carboxylic acids is 1. The number of anilines is 4. The van der Waals surface area contributed by atoms with Crippen LogP contribution in [0.15, 0.2) is 152 Å². The summed E-state index contributed by atoms with van der Waals surface area (Å²) < 4.78 is 36.3. The van der Waals surface area contributed by atoms with Crippen LogP contribution in [-0.2, 0) is 0 Å². The van der Waals surface area contributed by atoms with Crippen LogP contribution in [0.5, 0.6) is 34.5 Å². The summed E-state index contributed by atoms with van der Waals surface area (Å²) >= 11 is 0. The van der Waals surface area contributed by atoms with Crippen molar-refractivity contribution in [1.29, 1.82) is 0 Å². The van der Waals surface area contributed by atoms with Crippen LogP contribution >= 0.6 is 0 Å². The molecule has 0 aliphatic rings. The van der Waals surface area contributed by atoms with Gasteiger partial charge in [-0.05, 0) is 111 Å². The van der Waals surface area contributed by atoms with Crippen LogP contribution in [0.25, 0.3) is 0 Å². The fraction of sp³-hybridized carbons (Fsp3) is 0.416. The maximum absolute atomic E-state index is 13.7. The average Bonchev–Trinajstić information content (AvgIpc) is 0.861. The van der Waals surface area contributed by atoms with Crippen LogP contribution in [0.4, 0.5) is 45.5 Å². The highest BCUT2D eigenvalue weighted by atomic mass is 16.6. The quantitative estimate of drug-likeness (QED) is 0.0106. The van der Waals surface area contributed by atoms with Gasteiger partial charge in [0.05, 0.1) is 51.6 Å². The van der Waals surface area contributed by atoms with E-state index in [1.165, 1.54) is 79.6 Å². The zero-order chi connectivity index (χ0) is 74.6. The highest BCUT2D eigenvalue weighted by Gasteiger charge is 2.16. The fourth-order valence-electron chi connectivity index (χ4n) is 11.1. The summed E-state index contributed by atoms with van der Waals surface area (Å²) in [4.78, 5) is 81.9. The van der Waals surface area contributed by atoms with Crippen molar-refractivity contribution in [2.75, 3.05) is 100 Å². The monoisotopic (exact) mass is 1450 g/mol. The highest BCUT2D eigenvalue weighted by molar-refractivity contribution is 5.95. The summed E-state index contributed by atoms with van der Waals surface area (Å²) in [5.74, 6) is -0.136. The number of carboxylic acid groups (broad SMARTS) is 1. The van der Waals surface area contributed by atoms with Gasteiger partial charge in [0.1, 0.15) is 60.9 Å². The first kappa shape index (κ1) is 80.9. The van der Waals surface area contributed by atoms with E-state index in [1.807, 2.05) is 0 Å². The minimum atomic E-state index is -1.23. The van der Waals surface area contributed by atoms with Gasteiger partial charge in [0.25, 0.3) is 34.6 Å². The Morgan fingerprint density at radius 1 is 0.276 bits per heavy atom. The molecule has 7 aromatic carbocycles. The van der Waals surface area contributed by atoms with Crippen LogP contribution in [-0.4, -0.2) is 121 Å². The molecule has 2 amide bonds. The Hall–Kier alpha value is -11.5. The van der Waals surface area contributed by atoms with Crippen LogP contribution in [0.3, 0.4) is 0 Å². The predicted molar refractivity (Wildman–Crippen MR) is 403 cm³/mol. The largest absolute Gasteiger partial charge is 0.493 e. The summed E-state index contributed by atoms with van der Waals surface area (Å²) in [6, 6.07) is 39.0. The molecule has 0 radical (unpaired) electrons. The molecule has 0 aliphatic heterocycles. The lowest BCUT2D eigenvalue weighted by atomic mass is 10.1. The second kappa shape index (κ2) is 46.2. The molecule has 0 fully saturated rings. The van der Waals surface area contributed by atoms with Crippen molar-refractivity contribution in [3.63, 3.8) is 0 Å². The molecular weight excluding hydrogens is 1350 g/mol. The first-order valence-electron chi connectivity index (χ1n) is 36.0. The van der Waals surface area contributed by atoms with Crippen molar-refractivity contribution in [3.8, 4) is 34.5 Å². The maximum atomic E-state index is 13.7. The van der Waals surface area contributed by atoms with Crippen molar-refractivity contribution in [1.82, 2.24) is 10.6 Å². The number of benzene rings is 7. The van der Waals surface area contributed by atoms with Gasteiger partial charge in [-0.3, -0.25) is 50.0 Å². The van der Waals surface area contributed by atoms with E-state index in [1.54, 1.807) is 84.9 Å². The molecule has 0 atom stereocenters. The van der Waals surface area contributed by atoms with Crippen molar-refractivity contribution >= 4 is 63.3 Å². The molecule has 0 bridgehead atoms. The number of carbonyl (C=O) groups excluding carboxylic acids is 2. The van der Waals surface area contributed by atoms with Crippen molar-refractivity contribution in [3.05, 3.63) is 209 Å². The Labute approximate surface area is 610 Å². The number of carbonyl (C=O) groups is 3. The van der Waals surface area contributed by atoms with Gasteiger partial charge in [-0.1, -0.05) is 103 Å². The molecule has 0 aromatic heterocycles. The standard InChI is InChI=1S/C77H96N10O18/c88-75(58-49-69(55-71(51-58)102-45-39-80-63-25-33-67(34-26-63)86(96)97)100-43-19-15-11-7-3-1-5-9-13-17-37-78-61-21-29-65(30-22-61)84(92)93)82-41-47-104-73-53-60(77(90)91)54-74(57-73)105-48-42-83-76(89)59-50-70(56-72(52-59)103-46-40-81-64-27-35-68(36-28-64)87(98)99)101-44-20-16-12-8-4-2-6-10-14-18-38-79-62-23-31-66(32-24-62)85(94)95/h21-36,49-57,78-81H,1-20,37-48H2,(H,82,88)(H,83,89)(H,90,91). The van der Waals surface area contributed by atoms with E-state index in [9.17, 15) is 59.9 Å². The van der Waals surface area contributed by atoms with Gasteiger partial charge >= 0.3 is 5.97 Å². The first-order chi connectivity index (χ1) is 51.0. The van der Waals surface area contributed by atoms with Gasteiger partial charge in [0.2, 0.25) is 0 Å². The molecule has 0 aliphatic carbocycles. The Morgan fingerprint density at radius 3 is 0.752 bits per heavy atom. The van der Waals surface area contributed by atoms with Crippen molar-refractivity contribution in [2.45, 2.75) is 128 Å². The molecule has 7 rings (SSSR count). The lowest BCUT2D eigenvalue weighted by Gasteiger charge is -2.14. The van der Waals surface area contributed by atoms with Crippen molar-refractivity contribution < 1.29 is 67.6 Å². The smallest absolute Gasteiger partial charge is 0.335 e. The fourth-order valence-corrected chi connectivity index (χ4v) is 11.1. The van der Waals surface area contributed by atoms with Crippen LogP contribution in [0, 0.1) is 40.5 Å². The van der Waals surface area contributed by atoms with E-state index in [-0.39, 0.29) is 90.5 Å². The normalized spacial score (nSPS) is 10.8. The molecule has 0 heterocycles. The zero-order valence-electron chi connectivity index (χ0n) is 59.2. The highest BCUT2D eigenvalue weighted by Crippen LogP contribution is 2.28. The number of non-ortho nitro benzene ring substituents is 4. The van der Waals surface area contributed by atoms with E-state index in [0.717, 1.165) is 140 Å². The lowest BCUT2D eigenvalue weighted by Crippen LogP contribution is -2.28. The molecular formula is C77H96N10O18. The second-order valence-corrected chi connectivity index (χ2v) is 25.0. The number of amides is 2. The minimum Gasteiger partial charge on any atom is -0.493 e. The molecule has 28 nitrogen and oxygen atoms in total. The summed E-state index contributed by atoms with van der Waals surface area (Å²) in [7, 11) is 0. The van der Waals surface area contributed by atoms with Crippen LogP contribution < -0.4 is 60.3 Å². The molecule has 0 spiro atoms. The number of nitro benzene ring substituents is 4. The van der Waals surface area contributed by atoms with Gasteiger partial charge in [0.15, 0.2) is 0 Å². The number of nitro groups is 4. The van der Waals surface area contributed by atoms with Gasteiger partial charge in [0, 0.05) is 127 Å². The number of hydrogen-bond acceptors (Lipinski definition) is 21. The van der Waals surface area contributed by atoms with Gasteiger partial charge in [-0.2, -0.15) is 0 Å². The number of unbranched alkanes of at least 4 members (excludes halogenated alkanes) is 18. The maximum Gasteiger partial charge on any atom is 0.335 e. The Morgan fingerprint density at radius 2 is 0.495 bits per heavy atom. The number of nitrogens with one attached hydrogen (secondary N) is 6. The van der Waals surface area contributed by atoms with Gasteiger partial charge < -0.3 is 65.4 Å². The van der Waals surface area contributed by atoms with E-state index >= 15 is 0 Å². The number of carboxylic acids is 1. The number of nitrogens with zero attached hydrogens (tertiary/aromatic N) is 4. The van der Waals surface area contributed by atoms with Crippen LogP contribution in [0.2, 0.25) is 0 Å². The summed E-state index contributed by atoms with van der Waals surface area (Å²) in [5.41, 5.74) is 3.60. The van der Waals surface area contributed by atoms with Crippen LogP contribution in [0.1, 0.15) is 159 Å². The summed E-state index contributed by atoms with van der Waals surface area (Å²) in [6.45, 7) is 3.52. The summed E-state index contributed by atoms with van der Waals surface area (Å²) in [6.07, 6.45) is 21.4. The van der Waals surface area contributed by atoms with Gasteiger partial charge in [-0.15, -0.1) is 0 Å². The topological polar surface area (TPSA) is 372 Å². The molecule has 105 heavy (non-hydrogen) atoms. The van der Waals surface area contributed by atoms with E-state index in [0.29, 0.717) is 60.7 Å². The molecule has 7 aromatic rings. The number of ether oxygens (including phenoxy) is 6. The Bertz CT molecular complexity index is 3590. The first-order valence-corrected chi connectivity index (χ1v) is 36.0.